The Morgan fingerprint density at radius 3 is 2.43 bits per heavy atom. The second-order valence-corrected chi connectivity index (χ2v) is 12.3. The van der Waals surface area contributed by atoms with Crippen molar-refractivity contribution in [1.82, 2.24) is 0 Å². The summed E-state index contributed by atoms with van der Waals surface area (Å²) in [4.78, 5) is 12.0. The zero-order valence-corrected chi connectivity index (χ0v) is 21.5. The first-order valence-corrected chi connectivity index (χ1v) is 13.6. The van der Waals surface area contributed by atoms with Crippen LogP contribution < -0.4 is 0 Å². The molecule has 2 saturated heterocycles. The number of hydrogen-bond acceptors (Lipinski definition) is 6. The Bertz CT molecular complexity index is 953. The van der Waals surface area contributed by atoms with Gasteiger partial charge in [0, 0.05) is 36.5 Å². The van der Waals surface area contributed by atoms with Crippen LogP contribution in [-0.2, 0) is 28.5 Å². The highest BCUT2D eigenvalue weighted by Crippen LogP contribution is 2.73. The van der Waals surface area contributed by atoms with Gasteiger partial charge in [-0.1, -0.05) is 24.5 Å². The molecule has 1 unspecified atom stereocenters. The standard InChI is InChI=1S/C29H40O6/c1-5-27-11-10-25(3)22(8-9-24(25)26(4)32-14-15-33-26)23(27)7-6-21-18-29(34-16-17-35-29)13-12-28(21,27)19-31-20(2)30/h1,6,22-24H,7-19H2,2-4H3/t22-,23-,24-,25-,27?,28+/m0/s1. The van der Waals surface area contributed by atoms with E-state index < -0.39 is 11.6 Å². The first-order chi connectivity index (χ1) is 16.7. The highest BCUT2D eigenvalue weighted by Gasteiger charge is 2.70. The van der Waals surface area contributed by atoms with Crippen molar-refractivity contribution < 1.29 is 28.5 Å². The van der Waals surface area contributed by atoms with Crippen molar-refractivity contribution in [2.45, 2.75) is 83.7 Å². The molecular formula is C29H40O6. The van der Waals surface area contributed by atoms with E-state index in [-0.39, 0.29) is 22.2 Å². The van der Waals surface area contributed by atoms with Crippen LogP contribution in [0.25, 0.3) is 0 Å². The van der Waals surface area contributed by atoms with E-state index >= 15 is 0 Å². The highest BCUT2D eigenvalue weighted by atomic mass is 16.7. The summed E-state index contributed by atoms with van der Waals surface area (Å²) in [6, 6.07) is 0. The van der Waals surface area contributed by atoms with Crippen LogP contribution >= 0.6 is 0 Å². The molecule has 5 fully saturated rings. The normalized spacial score (nSPS) is 45.2. The largest absolute Gasteiger partial charge is 0.465 e. The molecule has 4 aliphatic carbocycles. The molecule has 0 aromatic carbocycles. The van der Waals surface area contributed by atoms with Gasteiger partial charge in [-0.25, -0.2) is 0 Å². The summed E-state index contributed by atoms with van der Waals surface area (Å²) in [6.07, 6.45) is 16.5. The lowest BCUT2D eigenvalue weighted by molar-refractivity contribution is -0.225. The van der Waals surface area contributed by atoms with Gasteiger partial charge in [0.05, 0.1) is 26.4 Å². The Labute approximate surface area is 209 Å². The molecule has 0 aromatic rings. The monoisotopic (exact) mass is 484 g/mol. The van der Waals surface area contributed by atoms with Crippen LogP contribution in [0.2, 0.25) is 0 Å². The molecule has 192 valence electrons. The molecule has 0 radical (unpaired) electrons. The molecule has 0 amide bonds. The number of carbonyl (C=O) groups is 1. The Balaban J connectivity index is 1.39. The van der Waals surface area contributed by atoms with Crippen LogP contribution in [0, 0.1) is 46.3 Å². The third kappa shape index (κ3) is 3.21. The predicted octanol–water partition coefficient (Wildman–Crippen LogP) is 4.62. The maximum atomic E-state index is 12.0. The third-order valence-electron chi connectivity index (χ3n) is 11.2. The molecule has 35 heavy (non-hydrogen) atoms. The van der Waals surface area contributed by atoms with Gasteiger partial charge >= 0.3 is 5.97 Å². The molecule has 0 N–H and O–H groups in total. The molecule has 6 nitrogen and oxygen atoms in total. The second kappa shape index (κ2) is 8.05. The molecule has 1 spiro atoms. The quantitative estimate of drug-likeness (QED) is 0.331. The number of fused-ring (bicyclic) bond motifs is 5. The first-order valence-electron chi connectivity index (χ1n) is 13.6. The average Bonchev–Trinajstić information content (AvgIpc) is 3.57. The van der Waals surface area contributed by atoms with Crippen LogP contribution in [-0.4, -0.2) is 50.6 Å². The summed E-state index contributed by atoms with van der Waals surface area (Å²) in [7, 11) is 0. The predicted molar refractivity (Wildman–Crippen MR) is 129 cm³/mol. The van der Waals surface area contributed by atoms with Gasteiger partial charge in [-0.05, 0) is 62.7 Å². The van der Waals surface area contributed by atoms with Crippen molar-refractivity contribution in [2.75, 3.05) is 33.0 Å². The lowest BCUT2D eigenvalue weighted by atomic mass is 9.39. The maximum absolute atomic E-state index is 12.0. The minimum atomic E-state index is -0.540. The van der Waals surface area contributed by atoms with Gasteiger partial charge in [0.15, 0.2) is 11.6 Å². The number of allylic oxidation sites excluding steroid dienone is 1. The van der Waals surface area contributed by atoms with E-state index in [1.54, 1.807) is 0 Å². The van der Waals surface area contributed by atoms with Crippen LogP contribution in [0.5, 0.6) is 0 Å². The van der Waals surface area contributed by atoms with Crippen molar-refractivity contribution in [1.29, 1.82) is 0 Å². The fourth-order valence-corrected chi connectivity index (χ4v) is 9.57. The van der Waals surface area contributed by atoms with E-state index in [0.717, 1.165) is 44.9 Å². The summed E-state index contributed by atoms with van der Waals surface area (Å²) in [5.41, 5.74) is 0.699. The summed E-state index contributed by atoms with van der Waals surface area (Å²) in [6.45, 7) is 9.07. The van der Waals surface area contributed by atoms with Crippen molar-refractivity contribution in [3.63, 3.8) is 0 Å². The SMILES string of the molecule is C#CC12CC[C@]3(C)[C@@H](C4(C)OCCO4)CC[C@H]3[C@@H]1CC=C1CC3(CC[C@@]12COC(C)=O)OCCO3. The Kier molecular flexibility index (Phi) is 5.52. The van der Waals surface area contributed by atoms with E-state index in [0.29, 0.717) is 57.2 Å². The lowest BCUT2D eigenvalue weighted by Gasteiger charge is -2.64. The summed E-state index contributed by atoms with van der Waals surface area (Å²) in [5.74, 6) is 3.33. The van der Waals surface area contributed by atoms with Gasteiger partial charge < -0.3 is 23.7 Å². The fraction of sp³-hybridized carbons (Fsp3) is 0.828. The van der Waals surface area contributed by atoms with E-state index in [4.69, 9.17) is 30.1 Å². The Morgan fingerprint density at radius 2 is 1.74 bits per heavy atom. The van der Waals surface area contributed by atoms with E-state index in [1.807, 2.05) is 0 Å². The Hall–Kier alpha value is -1.39. The average molecular weight is 485 g/mol. The number of rotatable bonds is 3. The lowest BCUT2D eigenvalue weighted by Crippen LogP contribution is -2.62. The van der Waals surface area contributed by atoms with Gasteiger partial charge in [-0.2, -0.15) is 0 Å². The topological polar surface area (TPSA) is 63.2 Å². The molecular weight excluding hydrogens is 444 g/mol. The second-order valence-electron chi connectivity index (χ2n) is 12.3. The van der Waals surface area contributed by atoms with Gasteiger partial charge in [0.25, 0.3) is 0 Å². The van der Waals surface area contributed by atoms with E-state index in [9.17, 15) is 4.79 Å². The molecule has 0 aromatic heterocycles. The molecule has 0 bridgehead atoms. The molecule has 6 aliphatic rings. The van der Waals surface area contributed by atoms with E-state index in [2.05, 4.69) is 25.8 Å². The first kappa shape index (κ1) is 24.0. The zero-order valence-electron chi connectivity index (χ0n) is 21.5. The van der Waals surface area contributed by atoms with E-state index in [1.165, 1.54) is 12.5 Å². The van der Waals surface area contributed by atoms with Crippen molar-refractivity contribution in [3.8, 4) is 12.3 Å². The maximum Gasteiger partial charge on any atom is 0.302 e. The summed E-state index contributed by atoms with van der Waals surface area (Å²) >= 11 is 0. The van der Waals surface area contributed by atoms with Crippen LogP contribution in [0.1, 0.15) is 72.1 Å². The summed E-state index contributed by atoms with van der Waals surface area (Å²) < 4.78 is 30.4. The van der Waals surface area contributed by atoms with Crippen molar-refractivity contribution in [3.05, 3.63) is 11.6 Å². The number of terminal acetylenes is 1. The summed E-state index contributed by atoms with van der Waals surface area (Å²) in [5, 5.41) is 0. The van der Waals surface area contributed by atoms with Crippen LogP contribution in [0.3, 0.4) is 0 Å². The van der Waals surface area contributed by atoms with Gasteiger partial charge in [0.1, 0.15) is 6.61 Å². The zero-order chi connectivity index (χ0) is 24.5. The van der Waals surface area contributed by atoms with Crippen LogP contribution in [0.15, 0.2) is 11.6 Å². The number of ether oxygens (including phenoxy) is 5. The number of carbonyl (C=O) groups excluding carboxylic acids is 1. The molecule has 3 saturated carbocycles. The van der Waals surface area contributed by atoms with Gasteiger partial charge in [-0.15, -0.1) is 6.42 Å². The van der Waals surface area contributed by atoms with Gasteiger partial charge in [-0.3, -0.25) is 4.79 Å². The van der Waals surface area contributed by atoms with Crippen molar-refractivity contribution >= 4 is 5.97 Å². The van der Waals surface area contributed by atoms with Crippen molar-refractivity contribution in [2.24, 2.45) is 34.0 Å². The number of hydrogen-bond donors (Lipinski definition) is 0. The fourth-order valence-electron chi connectivity index (χ4n) is 9.57. The van der Waals surface area contributed by atoms with Crippen LogP contribution in [0.4, 0.5) is 0 Å². The smallest absolute Gasteiger partial charge is 0.302 e. The highest BCUT2D eigenvalue weighted by molar-refractivity contribution is 5.66. The minimum Gasteiger partial charge on any atom is -0.465 e. The van der Waals surface area contributed by atoms with Gasteiger partial charge in [0.2, 0.25) is 0 Å². The molecule has 2 heterocycles. The molecule has 6 atom stereocenters. The number of esters is 1. The molecule has 2 aliphatic heterocycles. The molecule has 6 heteroatoms. The minimum absolute atomic E-state index is 0.117. The third-order valence-corrected chi connectivity index (χ3v) is 11.2. The molecule has 6 rings (SSSR count). The Morgan fingerprint density at radius 1 is 1.03 bits per heavy atom.